The molecule has 1 saturated carbocycles. The maximum atomic E-state index is 13.5. The van der Waals surface area contributed by atoms with E-state index in [1.165, 1.54) is 12.8 Å². The minimum absolute atomic E-state index is 0.229. The van der Waals surface area contributed by atoms with Gasteiger partial charge in [0.1, 0.15) is 23.0 Å². The molecule has 1 aliphatic carbocycles. The number of ether oxygens (including phenoxy) is 2. The van der Waals surface area contributed by atoms with Crippen molar-refractivity contribution in [3.8, 4) is 22.8 Å². The number of fused-ring (bicyclic) bond motifs is 2. The quantitative estimate of drug-likeness (QED) is 0.256. The number of piperazine rings is 1. The first kappa shape index (κ1) is 29.3. The highest BCUT2D eigenvalue weighted by Gasteiger charge is 2.30. The average Bonchev–Trinajstić information content (AvgIpc) is 3.64. The number of anilines is 1. The van der Waals surface area contributed by atoms with Gasteiger partial charge in [-0.05, 0) is 62.9 Å². The molecule has 10 heteroatoms. The van der Waals surface area contributed by atoms with Crippen molar-refractivity contribution >= 4 is 28.0 Å². The number of rotatable bonds is 7. The summed E-state index contributed by atoms with van der Waals surface area (Å²) in [5.41, 5.74) is 5.80. The third-order valence-electron chi connectivity index (χ3n) is 9.72. The maximum absolute atomic E-state index is 13.5. The summed E-state index contributed by atoms with van der Waals surface area (Å²) in [7, 11) is 5.14. The molecule has 2 N–H and O–H groups in total. The second kappa shape index (κ2) is 12.2. The predicted molar refractivity (Wildman–Crippen MR) is 177 cm³/mol. The summed E-state index contributed by atoms with van der Waals surface area (Å²) >= 11 is 0. The fourth-order valence-corrected chi connectivity index (χ4v) is 7.31. The number of hydrogen-bond acceptors (Lipinski definition) is 7. The maximum Gasteiger partial charge on any atom is 0.272 e. The van der Waals surface area contributed by atoms with Crippen LogP contribution in [-0.4, -0.2) is 76.2 Å². The Labute approximate surface area is 263 Å². The summed E-state index contributed by atoms with van der Waals surface area (Å²) in [5.74, 6) is 2.57. The SMILES string of the molecule is COc1cc(-c2nc([C@H]3CC[C@H](N4CCNCC4)CC3)n3ccnc(C)c23)ccc1NC(=O)c1cc2c(OC)cccc2n1C. The first-order valence-corrected chi connectivity index (χ1v) is 15.9. The Hall–Kier alpha value is -4.41. The van der Waals surface area contributed by atoms with Crippen molar-refractivity contribution in [1.29, 1.82) is 0 Å². The smallest absolute Gasteiger partial charge is 0.272 e. The second-order valence-corrected chi connectivity index (χ2v) is 12.2. The standard InChI is InChI=1S/C35H41N7O3/c1-22-33-32(39-34(42(33)19-16-37-22)23-8-11-25(12-9-23)41-17-14-36-15-18-41)24-10-13-27(31(20-24)45-4)38-35(43)29-21-26-28(40(29)2)6-5-7-30(26)44-3/h5-7,10,13,16,19-21,23,25,36H,8-9,11-12,14-15,17-18H2,1-4H3,(H,38,43)/t23-,25-. The minimum Gasteiger partial charge on any atom is -0.496 e. The molecular formula is C35H41N7O3. The average molecular weight is 608 g/mol. The van der Waals surface area contributed by atoms with E-state index in [0.29, 0.717) is 29.1 Å². The third-order valence-corrected chi connectivity index (χ3v) is 9.72. The third kappa shape index (κ3) is 5.32. The number of hydrogen-bond donors (Lipinski definition) is 2. The second-order valence-electron chi connectivity index (χ2n) is 12.2. The van der Waals surface area contributed by atoms with Crippen LogP contribution in [0.15, 0.2) is 54.9 Å². The van der Waals surface area contributed by atoms with Gasteiger partial charge in [-0.1, -0.05) is 12.1 Å². The Kier molecular flexibility index (Phi) is 7.93. The van der Waals surface area contributed by atoms with Crippen LogP contribution in [0.1, 0.15) is 53.6 Å². The Bertz CT molecular complexity index is 1860. The number of benzene rings is 2. The minimum atomic E-state index is -0.229. The zero-order valence-corrected chi connectivity index (χ0v) is 26.5. The van der Waals surface area contributed by atoms with Gasteiger partial charge in [0.15, 0.2) is 0 Å². The molecule has 0 bridgehead atoms. The van der Waals surface area contributed by atoms with E-state index in [1.807, 2.05) is 73.4 Å². The summed E-state index contributed by atoms with van der Waals surface area (Å²) in [6, 6.07) is 14.2. The van der Waals surface area contributed by atoms with Gasteiger partial charge in [0.05, 0.1) is 42.3 Å². The molecule has 3 aromatic heterocycles. The van der Waals surface area contributed by atoms with Crippen molar-refractivity contribution in [3.63, 3.8) is 0 Å². The largest absolute Gasteiger partial charge is 0.496 e. The van der Waals surface area contributed by atoms with E-state index in [-0.39, 0.29) is 5.91 Å². The molecule has 234 valence electrons. The van der Waals surface area contributed by atoms with Gasteiger partial charge in [0, 0.05) is 68.5 Å². The van der Waals surface area contributed by atoms with Crippen LogP contribution in [0.5, 0.6) is 11.5 Å². The zero-order chi connectivity index (χ0) is 31.1. The number of imidazole rings is 1. The lowest BCUT2D eigenvalue weighted by molar-refractivity contribution is 0.101. The van der Waals surface area contributed by atoms with Gasteiger partial charge < -0.3 is 24.7 Å². The number of carbonyl (C=O) groups excluding carboxylic acids is 1. The number of aromatic nitrogens is 4. The van der Waals surface area contributed by atoms with Crippen LogP contribution in [0.3, 0.4) is 0 Å². The van der Waals surface area contributed by atoms with E-state index in [2.05, 4.69) is 24.9 Å². The van der Waals surface area contributed by atoms with E-state index in [4.69, 9.17) is 14.5 Å². The summed E-state index contributed by atoms with van der Waals surface area (Å²) in [4.78, 5) is 26.1. The number of amides is 1. The zero-order valence-electron chi connectivity index (χ0n) is 26.5. The van der Waals surface area contributed by atoms with Crippen LogP contribution < -0.4 is 20.1 Å². The molecule has 0 spiro atoms. The van der Waals surface area contributed by atoms with Gasteiger partial charge in [-0.3, -0.25) is 19.1 Å². The first-order chi connectivity index (χ1) is 22.0. The van der Waals surface area contributed by atoms with Crippen LogP contribution in [0.25, 0.3) is 27.7 Å². The molecule has 1 saturated heterocycles. The number of nitrogens with zero attached hydrogens (tertiary/aromatic N) is 5. The van der Waals surface area contributed by atoms with Crippen LogP contribution in [-0.2, 0) is 7.05 Å². The fourth-order valence-electron chi connectivity index (χ4n) is 7.31. The van der Waals surface area contributed by atoms with E-state index >= 15 is 0 Å². The predicted octanol–water partition coefficient (Wildman–Crippen LogP) is 5.40. The normalized spacial score (nSPS) is 19.2. The Morgan fingerprint density at radius 2 is 1.78 bits per heavy atom. The molecule has 45 heavy (non-hydrogen) atoms. The van der Waals surface area contributed by atoms with E-state index in [1.54, 1.807) is 14.2 Å². The van der Waals surface area contributed by atoms with E-state index in [9.17, 15) is 4.79 Å². The highest BCUT2D eigenvalue weighted by molar-refractivity contribution is 6.08. The molecule has 0 radical (unpaired) electrons. The molecule has 2 fully saturated rings. The van der Waals surface area contributed by atoms with Gasteiger partial charge in [0.2, 0.25) is 0 Å². The number of nitrogens with one attached hydrogen (secondary N) is 2. The van der Waals surface area contributed by atoms with Crippen LogP contribution in [0, 0.1) is 6.92 Å². The van der Waals surface area contributed by atoms with E-state index < -0.39 is 0 Å². The monoisotopic (exact) mass is 607 g/mol. The Morgan fingerprint density at radius 1 is 1.00 bits per heavy atom. The lowest BCUT2D eigenvalue weighted by Crippen LogP contribution is -2.49. The van der Waals surface area contributed by atoms with Crippen LogP contribution in [0.4, 0.5) is 5.69 Å². The molecular weight excluding hydrogens is 566 g/mol. The summed E-state index contributed by atoms with van der Waals surface area (Å²) in [6.45, 7) is 6.50. The summed E-state index contributed by atoms with van der Waals surface area (Å²) in [5, 5.41) is 7.42. The van der Waals surface area contributed by atoms with Gasteiger partial charge in [-0.2, -0.15) is 0 Å². The van der Waals surface area contributed by atoms with Crippen molar-refractivity contribution < 1.29 is 14.3 Å². The van der Waals surface area contributed by atoms with Gasteiger partial charge >= 0.3 is 0 Å². The molecule has 2 aromatic carbocycles. The Balaban J connectivity index is 1.17. The van der Waals surface area contributed by atoms with Crippen LogP contribution in [0.2, 0.25) is 0 Å². The number of aryl methyl sites for hydroxylation is 2. The molecule has 0 unspecified atom stereocenters. The molecule has 7 rings (SSSR count). The number of carbonyl (C=O) groups is 1. The van der Waals surface area contributed by atoms with Crippen molar-refractivity contribution in [2.45, 2.75) is 44.6 Å². The van der Waals surface area contributed by atoms with E-state index in [0.717, 1.165) is 84.0 Å². The molecule has 1 amide bonds. The molecule has 2 aliphatic rings. The topological polar surface area (TPSA) is 97.9 Å². The van der Waals surface area contributed by atoms with Gasteiger partial charge in [0.25, 0.3) is 5.91 Å². The first-order valence-electron chi connectivity index (χ1n) is 15.9. The number of methoxy groups -OCH3 is 2. The van der Waals surface area contributed by atoms with Crippen molar-refractivity contribution in [2.24, 2.45) is 7.05 Å². The summed E-state index contributed by atoms with van der Waals surface area (Å²) in [6.07, 6.45) is 8.56. The fraction of sp³-hybridized carbons (Fsp3) is 0.400. The molecule has 1 aliphatic heterocycles. The highest BCUT2D eigenvalue weighted by Crippen LogP contribution is 2.39. The van der Waals surface area contributed by atoms with Gasteiger partial charge in [-0.25, -0.2) is 4.98 Å². The van der Waals surface area contributed by atoms with Crippen molar-refractivity contribution in [1.82, 2.24) is 29.2 Å². The van der Waals surface area contributed by atoms with Crippen molar-refractivity contribution in [2.75, 3.05) is 45.7 Å². The van der Waals surface area contributed by atoms with Gasteiger partial charge in [-0.15, -0.1) is 0 Å². The van der Waals surface area contributed by atoms with Crippen LogP contribution >= 0.6 is 0 Å². The lowest BCUT2D eigenvalue weighted by Gasteiger charge is -2.38. The molecule has 10 nitrogen and oxygen atoms in total. The molecule has 0 atom stereocenters. The molecule has 4 heterocycles. The summed E-state index contributed by atoms with van der Waals surface area (Å²) < 4.78 is 15.4. The van der Waals surface area contributed by atoms with Crippen molar-refractivity contribution in [3.05, 3.63) is 72.1 Å². The molecule has 5 aromatic rings. The highest BCUT2D eigenvalue weighted by atomic mass is 16.5. The Morgan fingerprint density at radius 3 is 2.53 bits per heavy atom. The lowest BCUT2D eigenvalue weighted by atomic mass is 9.84.